The molecule has 1 fully saturated rings. The summed E-state index contributed by atoms with van der Waals surface area (Å²) in [4.78, 5) is 11.8. The first-order valence-electron chi connectivity index (χ1n) is 7.81. The summed E-state index contributed by atoms with van der Waals surface area (Å²) in [6.45, 7) is 0. The van der Waals surface area contributed by atoms with Crippen LogP contribution in [0.3, 0.4) is 0 Å². The first-order chi connectivity index (χ1) is 11.3. The summed E-state index contributed by atoms with van der Waals surface area (Å²) in [5, 5.41) is 9.62. The van der Waals surface area contributed by atoms with Crippen LogP contribution in [-0.2, 0) is 10.2 Å². The second-order valence-corrected chi connectivity index (χ2v) is 6.30. The van der Waals surface area contributed by atoms with E-state index in [-0.39, 0.29) is 18.4 Å². The second kappa shape index (κ2) is 5.96. The lowest BCUT2D eigenvalue weighted by molar-refractivity contribution is -0.149. The van der Waals surface area contributed by atoms with E-state index in [1.54, 1.807) is 30.3 Å². The summed E-state index contributed by atoms with van der Waals surface area (Å²) in [5.41, 5.74) is -0.151. The highest BCUT2D eigenvalue weighted by Gasteiger charge is 2.49. The third-order valence-corrected chi connectivity index (χ3v) is 4.85. The predicted octanol–water partition coefficient (Wildman–Crippen LogP) is 5.02. The predicted molar refractivity (Wildman–Crippen MR) is 84.6 cm³/mol. The van der Waals surface area contributed by atoms with Crippen molar-refractivity contribution in [3.05, 3.63) is 59.9 Å². The fraction of sp³-hybridized carbons (Fsp3) is 0.316. The number of rotatable bonds is 3. The van der Waals surface area contributed by atoms with Gasteiger partial charge in [0.25, 0.3) is 0 Å². The minimum absolute atomic E-state index is 0.195. The molecule has 0 saturated heterocycles. The van der Waals surface area contributed by atoms with Crippen molar-refractivity contribution in [3.63, 3.8) is 0 Å². The third kappa shape index (κ3) is 2.90. The van der Waals surface area contributed by atoms with Crippen LogP contribution in [0, 0.1) is 5.82 Å². The van der Waals surface area contributed by atoms with Gasteiger partial charge in [-0.05, 0) is 30.0 Å². The minimum atomic E-state index is -2.85. The Morgan fingerprint density at radius 3 is 2.12 bits per heavy atom. The van der Waals surface area contributed by atoms with Crippen LogP contribution < -0.4 is 0 Å². The lowest BCUT2D eigenvalue weighted by Crippen LogP contribution is -2.42. The van der Waals surface area contributed by atoms with E-state index in [9.17, 15) is 23.1 Å². The van der Waals surface area contributed by atoms with Crippen molar-refractivity contribution in [3.8, 4) is 11.1 Å². The highest BCUT2D eigenvalue weighted by molar-refractivity contribution is 5.82. The molecule has 1 N–H and O–H groups in total. The molecule has 0 aromatic heterocycles. The first kappa shape index (κ1) is 16.6. The van der Waals surface area contributed by atoms with Crippen LogP contribution in [0.25, 0.3) is 11.1 Å². The molecule has 0 amide bonds. The molecular weight excluding hydrogens is 317 g/mol. The smallest absolute Gasteiger partial charge is 0.314 e. The van der Waals surface area contributed by atoms with Crippen LogP contribution >= 0.6 is 0 Å². The Morgan fingerprint density at radius 1 is 0.958 bits per heavy atom. The van der Waals surface area contributed by atoms with Crippen molar-refractivity contribution in [1.82, 2.24) is 0 Å². The van der Waals surface area contributed by atoms with Gasteiger partial charge in [-0.3, -0.25) is 4.79 Å². The number of carboxylic acids is 1. The van der Waals surface area contributed by atoms with E-state index in [2.05, 4.69) is 0 Å². The molecule has 24 heavy (non-hydrogen) atoms. The molecule has 2 aromatic carbocycles. The van der Waals surface area contributed by atoms with Gasteiger partial charge in [0.1, 0.15) is 5.82 Å². The molecule has 0 spiro atoms. The van der Waals surface area contributed by atoms with E-state index in [1.165, 1.54) is 12.1 Å². The van der Waals surface area contributed by atoms with Gasteiger partial charge in [0.2, 0.25) is 5.92 Å². The molecule has 2 aromatic rings. The highest BCUT2D eigenvalue weighted by Crippen LogP contribution is 2.46. The van der Waals surface area contributed by atoms with E-state index in [4.69, 9.17) is 0 Å². The Morgan fingerprint density at radius 2 is 1.58 bits per heavy atom. The monoisotopic (exact) mass is 334 g/mol. The lowest BCUT2D eigenvalue weighted by Gasteiger charge is -2.37. The average molecular weight is 334 g/mol. The maximum Gasteiger partial charge on any atom is 0.314 e. The van der Waals surface area contributed by atoms with Crippen LogP contribution in [0.1, 0.15) is 31.2 Å². The molecule has 0 aliphatic heterocycles. The molecule has 5 heteroatoms. The zero-order valence-corrected chi connectivity index (χ0v) is 12.9. The molecule has 0 bridgehead atoms. The van der Waals surface area contributed by atoms with Crippen molar-refractivity contribution in [2.24, 2.45) is 0 Å². The number of halogens is 3. The molecule has 1 saturated carbocycles. The molecule has 1 aliphatic carbocycles. The van der Waals surface area contributed by atoms with Crippen LogP contribution in [-0.4, -0.2) is 17.0 Å². The van der Waals surface area contributed by atoms with Gasteiger partial charge in [-0.1, -0.05) is 42.5 Å². The van der Waals surface area contributed by atoms with Crippen molar-refractivity contribution in [2.75, 3.05) is 0 Å². The van der Waals surface area contributed by atoms with Crippen LogP contribution in [0.2, 0.25) is 0 Å². The van der Waals surface area contributed by atoms with E-state index in [1.807, 2.05) is 6.07 Å². The van der Waals surface area contributed by atoms with Crippen molar-refractivity contribution in [1.29, 1.82) is 0 Å². The van der Waals surface area contributed by atoms with Gasteiger partial charge in [-0.2, -0.15) is 0 Å². The maximum atomic E-state index is 14.5. The van der Waals surface area contributed by atoms with E-state index in [0.29, 0.717) is 11.1 Å². The van der Waals surface area contributed by atoms with E-state index < -0.39 is 36.0 Å². The van der Waals surface area contributed by atoms with Gasteiger partial charge in [-0.25, -0.2) is 13.2 Å². The van der Waals surface area contributed by atoms with Crippen LogP contribution in [0.5, 0.6) is 0 Å². The zero-order chi connectivity index (χ0) is 17.4. The fourth-order valence-corrected chi connectivity index (χ4v) is 3.33. The topological polar surface area (TPSA) is 37.3 Å². The maximum absolute atomic E-state index is 14.5. The molecule has 2 nitrogen and oxygen atoms in total. The Hall–Kier alpha value is -2.30. The van der Waals surface area contributed by atoms with E-state index >= 15 is 0 Å². The molecule has 0 heterocycles. The molecule has 3 rings (SSSR count). The van der Waals surface area contributed by atoms with Gasteiger partial charge in [0.05, 0.1) is 5.41 Å². The number of carbonyl (C=O) groups is 1. The summed E-state index contributed by atoms with van der Waals surface area (Å²) >= 11 is 0. The highest BCUT2D eigenvalue weighted by atomic mass is 19.3. The average Bonchev–Trinajstić information content (AvgIpc) is 2.55. The zero-order valence-electron chi connectivity index (χ0n) is 12.9. The van der Waals surface area contributed by atoms with Crippen molar-refractivity contribution in [2.45, 2.75) is 37.0 Å². The van der Waals surface area contributed by atoms with E-state index in [0.717, 1.165) is 0 Å². The first-order valence-corrected chi connectivity index (χ1v) is 7.81. The quantitative estimate of drug-likeness (QED) is 0.855. The summed E-state index contributed by atoms with van der Waals surface area (Å²) < 4.78 is 41.4. The lowest BCUT2D eigenvalue weighted by atomic mass is 9.68. The number of hydrogen-bond acceptors (Lipinski definition) is 1. The SMILES string of the molecule is O=C(O)C1(c2ccc(-c3ccccc3)c(F)c2)CCC(F)(F)CC1. The largest absolute Gasteiger partial charge is 0.481 e. The normalized spacial score (nSPS) is 19.0. The number of hydrogen-bond donors (Lipinski definition) is 1. The number of alkyl halides is 2. The van der Waals surface area contributed by atoms with Gasteiger partial charge in [0, 0.05) is 18.4 Å². The molecule has 1 aliphatic rings. The van der Waals surface area contributed by atoms with Crippen molar-refractivity contribution >= 4 is 5.97 Å². The van der Waals surface area contributed by atoms with Gasteiger partial charge in [-0.15, -0.1) is 0 Å². The Labute approximate surface area is 137 Å². The third-order valence-electron chi connectivity index (χ3n) is 4.85. The molecular formula is C19H17F3O2. The summed E-state index contributed by atoms with van der Waals surface area (Å²) in [5.74, 6) is -4.57. The summed E-state index contributed by atoms with van der Waals surface area (Å²) in [6.07, 6.45) is -1.39. The number of benzene rings is 2. The molecule has 0 unspecified atom stereocenters. The molecule has 0 radical (unpaired) electrons. The summed E-state index contributed by atoms with van der Waals surface area (Å²) in [6, 6.07) is 13.1. The van der Waals surface area contributed by atoms with Crippen LogP contribution in [0.15, 0.2) is 48.5 Å². The Bertz CT molecular complexity index is 746. The van der Waals surface area contributed by atoms with Crippen molar-refractivity contribution < 1.29 is 23.1 Å². The number of aliphatic carboxylic acids is 1. The second-order valence-electron chi connectivity index (χ2n) is 6.30. The summed E-state index contributed by atoms with van der Waals surface area (Å²) in [7, 11) is 0. The minimum Gasteiger partial charge on any atom is -0.481 e. The Balaban J connectivity index is 1.99. The van der Waals surface area contributed by atoms with Gasteiger partial charge < -0.3 is 5.11 Å². The van der Waals surface area contributed by atoms with Gasteiger partial charge >= 0.3 is 5.97 Å². The molecule has 126 valence electrons. The number of carboxylic acid groups (broad SMARTS) is 1. The molecule has 0 atom stereocenters. The fourth-order valence-electron chi connectivity index (χ4n) is 3.33. The standard InChI is InChI=1S/C19H17F3O2/c20-16-12-14(6-7-15(16)13-4-2-1-3-5-13)18(17(23)24)8-10-19(21,22)11-9-18/h1-7,12H,8-11H2,(H,23,24). The van der Waals surface area contributed by atoms with Gasteiger partial charge in [0.15, 0.2) is 0 Å². The Kier molecular flexibility index (Phi) is 4.11. The van der Waals surface area contributed by atoms with Crippen LogP contribution in [0.4, 0.5) is 13.2 Å².